The number of guanidine groups is 2. The summed E-state index contributed by atoms with van der Waals surface area (Å²) < 4.78 is 0. The van der Waals surface area contributed by atoms with Crippen LogP contribution in [0.5, 0.6) is 0 Å². The van der Waals surface area contributed by atoms with Gasteiger partial charge in [0, 0.05) is 13.6 Å². The highest BCUT2D eigenvalue weighted by molar-refractivity contribution is 5.99. The van der Waals surface area contributed by atoms with E-state index >= 15 is 0 Å². The smallest absolute Gasteiger partial charge is 0.200 e. The normalized spacial score (nSPS) is 21.3. The molecule has 3 N–H and O–H groups in total. The number of hydrogen-bond donors (Lipinski definition) is 3. The van der Waals surface area contributed by atoms with E-state index in [1.54, 1.807) is 0 Å². The van der Waals surface area contributed by atoms with Gasteiger partial charge in [-0.05, 0) is 13.3 Å². The van der Waals surface area contributed by atoms with Crippen LogP contribution in [-0.2, 0) is 0 Å². The molecule has 1 aliphatic heterocycles. The lowest BCUT2D eigenvalue weighted by molar-refractivity contribution is 0.724. The lowest BCUT2D eigenvalue weighted by Gasteiger charge is -2.19. The fourth-order valence-corrected chi connectivity index (χ4v) is 1.04. The van der Waals surface area contributed by atoms with Gasteiger partial charge in [-0.15, -0.1) is 0 Å². The van der Waals surface area contributed by atoms with Gasteiger partial charge in [0.15, 0.2) is 11.9 Å². The van der Waals surface area contributed by atoms with Gasteiger partial charge in [0.25, 0.3) is 0 Å². The largest absolute Gasteiger partial charge is 0.359 e. The second-order valence-electron chi connectivity index (χ2n) is 2.89. The average Bonchev–Trinajstić information content (AvgIpc) is 2.14. The number of rotatable bonds is 2. The summed E-state index contributed by atoms with van der Waals surface area (Å²) in [5, 5.41) is 9.19. The molecular weight excluding hydrogens is 166 g/mol. The molecule has 0 aliphatic carbocycles. The Morgan fingerprint density at radius 3 is 2.69 bits per heavy atom. The molecule has 5 heteroatoms. The summed E-state index contributed by atoms with van der Waals surface area (Å²) in [4.78, 5) is 8.51. The Balaban J connectivity index is 2.48. The van der Waals surface area contributed by atoms with Crippen molar-refractivity contribution in [2.75, 3.05) is 13.6 Å². The minimum absolute atomic E-state index is 0.0111. The maximum Gasteiger partial charge on any atom is 0.200 e. The van der Waals surface area contributed by atoms with E-state index in [1.807, 2.05) is 14.0 Å². The standard InChI is InChI=1S/C8H17N5/c1-4-5-10-8-12-6(2)11-7(9-3)13-8/h6H,4-5H2,1-3H3,(H3,9,10,11,12,13). The molecular formula is C8H17N5. The monoisotopic (exact) mass is 183 g/mol. The Morgan fingerprint density at radius 2 is 2.08 bits per heavy atom. The molecule has 0 aromatic carbocycles. The molecule has 0 saturated carbocycles. The van der Waals surface area contributed by atoms with Gasteiger partial charge in [-0.25, -0.2) is 9.98 Å². The lowest BCUT2D eigenvalue weighted by atomic mass is 10.5. The summed E-state index contributed by atoms with van der Waals surface area (Å²) >= 11 is 0. The first-order valence-electron chi connectivity index (χ1n) is 4.60. The fraction of sp³-hybridized carbons (Fsp3) is 0.750. The zero-order valence-electron chi connectivity index (χ0n) is 8.39. The van der Waals surface area contributed by atoms with Crippen LogP contribution < -0.4 is 16.0 Å². The van der Waals surface area contributed by atoms with Crippen molar-refractivity contribution < 1.29 is 0 Å². The maximum absolute atomic E-state index is 4.28. The second-order valence-corrected chi connectivity index (χ2v) is 2.89. The van der Waals surface area contributed by atoms with Crippen LogP contribution >= 0.6 is 0 Å². The first-order chi connectivity index (χ1) is 6.26. The molecule has 0 aromatic rings. The Kier molecular flexibility index (Phi) is 3.54. The first-order valence-corrected chi connectivity index (χ1v) is 4.60. The van der Waals surface area contributed by atoms with Crippen molar-refractivity contribution in [1.29, 1.82) is 0 Å². The van der Waals surface area contributed by atoms with E-state index in [9.17, 15) is 0 Å². The molecule has 1 unspecified atom stereocenters. The fourth-order valence-electron chi connectivity index (χ4n) is 1.04. The van der Waals surface area contributed by atoms with Gasteiger partial charge < -0.3 is 10.6 Å². The van der Waals surface area contributed by atoms with Gasteiger partial charge in [-0.2, -0.15) is 0 Å². The molecule has 0 radical (unpaired) electrons. The molecule has 1 heterocycles. The molecule has 74 valence electrons. The van der Waals surface area contributed by atoms with Crippen LogP contribution in [0.1, 0.15) is 20.3 Å². The van der Waals surface area contributed by atoms with Crippen molar-refractivity contribution in [2.45, 2.75) is 26.4 Å². The topological polar surface area (TPSA) is 60.8 Å². The van der Waals surface area contributed by atoms with Gasteiger partial charge in [-0.3, -0.25) is 5.32 Å². The Morgan fingerprint density at radius 1 is 1.38 bits per heavy atom. The molecule has 1 aliphatic rings. The SMILES string of the molecule is CCCNC1=NC(C)N=C(NC)N1. The number of aliphatic imine (C=N–C) groups is 2. The Labute approximate surface area is 78.7 Å². The van der Waals surface area contributed by atoms with Gasteiger partial charge >= 0.3 is 0 Å². The van der Waals surface area contributed by atoms with E-state index in [0.29, 0.717) is 0 Å². The molecule has 1 rings (SSSR count). The quantitative estimate of drug-likeness (QED) is 0.559. The van der Waals surface area contributed by atoms with Gasteiger partial charge in [0.2, 0.25) is 0 Å². The summed E-state index contributed by atoms with van der Waals surface area (Å²) in [5.41, 5.74) is 0. The highest BCUT2D eigenvalue weighted by Gasteiger charge is 2.10. The zero-order valence-corrected chi connectivity index (χ0v) is 8.39. The second kappa shape index (κ2) is 4.69. The third-order valence-electron chi connectivity index (χ3n) is 1.65. The maximum atomic E-state index is 4.28. The van der Waals surface area contributed by atoms with Crippen LogP contribution in [0.4, 0.5) is 0 Å². The van der Waals surface area contributed by atoms with Crippen LogP contribution in [0.15, 0.2) is 9.98 Å². The summed E-state index contributed by atoms with van der Waals surface area (Å²) in [6, 6.07) is 0. The number of hydrogen-bond acceptors (Lipinski definition) is 5. The molecule has 0 aromatic heterocycles. The van der Waals surface area contributed by atoms with Gasteiger partial charge in [0.05, 0.1) is 0 Å². The van der Waals surface area contributed by atoms with Crippen molar-refractivity contribution in [2.24, 2.45) is 9.98 Å². The van der Waals surface area contributed by atoms with Crippen molar-refractivity contribution in [3.05, 3.63) is 0 Å². The van der Waals surface area contributed by atoms with Crippen LogP contribution in [0.25, 0.3) is 0 Å². The predicted molar refractivity (Wildman–Crippen MR) is 54.8 cm³/mol. The molecule has 5 nitrogen and oxygen atoms in total. The van der Waals surface area contributed by atoms with Crippen LogP contribution in [0, 0.1) is 0 Å². The van der Waals surface area contributed by atoms with Crippen LogP contribution in [0.2, 0.25) is 0 Å². The number of nitrogens with zero attached hydrogens (tertiary/aromatic N) is 2. The summed E-state index contributed by atoms with van der Waals surface area (Å²) in [6.45, 7) is 4.99. The van der Waals surface area contributed by atoms with Crippen LogP contribution in [0.3, 0.4) is 0 Å². The average molecular weight is 183 g/mol. The Hall–Kier alpha value is -1.26. The summed E-state index contributed by atoms with van der Waals surface area (Å²) in [7, 11) is 1.83. The summed E-state index contributed by atoms with van der Waals surface area (Å²) in [6.07, 6.45) is 1.07. The van der Waals surface area contributed by atoms with E-state index < -0.39 is 0 Å². The highest BCUT2D eigenvalue weighted by atomic mass is 15.3. The molecule has 0 bridgehead atoms. The number of nitrogens with one attached hydrogen (secondary N) is 3. The predicted octanol–water partition coefficient (Wildman–Crippen LogP) is -0.133. The van der Waals surface area contributed by atoms with E-state index in [0.717, 1.165) is 24.9 Å². The minimum atomic E-state index is -0.0111. The molecule has 13 heavy (non-hydrogen) atoms. The van der Waals surface area contributed by atoms with E-state index in [4.69, 9.17) is 0 Å². The van der Waals surface area contributed by atoms with Gasteiger partial charge in [-0.1, -0.05) is 6.92 Å². The van der Waals surface area contributed by atoms with E-state index in [1.165, 1.54) is 0 Å². The Bertz CT molecular complexity index is 221. The molecule has 0 saturated heterocycles. The van der Waals surface area contributed by atoms with Gasteiger partial charge in [0.1, 0.15) is 6.17 Å². The zero-order chi connectivity index (χ0) is 9.68. The molecule has 0 amide bonds. The van der Waals surface area contributed by atoms with Crippen molar-refractivity contribution >= 4 is 11.9 Å². The summed E-state index contributed by atoms with van der Waals surface area (Å²) in [5.74, 6) is 1.56. The van der Waals surface area contributed by atoms with Crippen molar-refractivity contribution in [3.63, 3.8) is 0 Å². The van der Waals surface area contributed by atoms with Crippen molar-refractivity contribution in [3.8, 4) is 0 Å². The third-order valence-corrected chi connectivity index (χ3v) is 1.65. The molecule has 0 spiro atoms. The highest BCUT2D eigenvalue weighted by Crippen LogP contribution is 1.95. The van der Waals surface area contributed by atoms with Crippen molar-refractivity contribution in [1.82, 2.24) is 16.0 Å². The van der Waals surface area contributed by atoms with E-state index in [-0.39, 0.29) is 6.17 Å². The van der Waals surface area contributed by atoms with E-state index in [2.05, 4.69) is 32.9 Å². The molecule has 1 atom stereocenters. The minimum Gasteiger partial charge on any atom is -0.359 e. The lowest BCUT2D eigenvalue weighted by Crippen LogP contribution is -2.49. The third kappa shape index (κ3) is 2.93. The molecule has 0 fully saturated rings. The first kappa shape index (κ1) is 9.83. The van der Waals surface area contributed by atoms with Crippen LogP contribution in [-0.4, -0.2) is 31.7 Å².